The number of carbonyl (C=O) groups excluding carboxylic acids is 2. The minimum atomic E-state index is -0.190. The summed E-state index contributed by atoms with van der Waals surface area (Å²) in [6, 6.07) is 0. The summed E-state index contributed by atoms with van der Waals surface area (Å²) in [6.07, 6.45) is 5.33. The molecular formula is C15H24N2O3. The maximum Gasteiger partial charge on any atom is 0.226 e. The van der Waals surface area contributed by atoms with Crippen LogP contribution in [0.3, 0.4) is 0 Å². The molecule has 1 spiro atoms. The number of amides is 2. The van der Waals surface area contributed by atoms with Crippen LogP contribution in [0.25, 0.3) is 0 Å². The molecule has 2 amide bonds. The highest BCUT2D eigenvalue weighted by Crippen LogP contribution is 2.38. The number of nitrogens with zero attached hydrogens (tertiary/aromatic N) is 1. The van der Waals surface area contributed by atoms with Gasteiger partial charge in [0.1, 0.15) is 0 Å². The molecule has 5 nitrogen and oxygen atoms in total. The van der Waals surface area contributed by atoms with E-state index in [1.807, 2.05) is 4.90 Å². The number of likely N-dealkylation sites (tertiary alicyclic amines) is 1. The highest BCUT2D eigenvalue weighted by molar-refractivity contribution is 5.85. The molecule has 20 heavy (non-hydrogen) atoms. The van der Waals surface area contributed by atoms with E-state index in [2.05, 4.69) is 5.32 Å². The van der Waals surface area contributed by atoms with Crippen molar-refractivity contribution < 1.29 is 14.3 Å². The normalized spacial score (nSPS) is 32.2. The van der Waals surface area contributed by atoms with Gasteiger partial charge in [0.15, 0.2) is 0 Å². The molecule has 1 N–H and O–H groups in total. The molecular weight excluding hydrogens is 256 g/mol. The average molecular weight is 280 g/mol. The largest absolute Gasteiger partial charge is 0.381 e. The van der Waals surface area contributed by atoms with Crippen LogP contribution in [0, 0.1) is 11.3 Å². The van der Waals surface area contributed by atoms with Gasteiger partial charge in [-0.1, -0.05) is 0 Å². The summed E-state index contributed by atoms with van der Waals surface area (Å²) < 4.78 is 5.33. The van der Waals surface area contributed by atoms with Gasteiger partial charge in [-0.3, -0.25) is 9.59 Å². The van der Waals surface area contributed by atoms with Crippen LogP contribution in [0.15, 0.2) is 0 Å². The van der Waals surface area contributed by atoms with Gasteiger partial charge in [-0.05, 0) is 38.5 Å². The lowest BCUT2D eigenvalue weighted by atomic mass is 9.79. The Morgan fingerprint density at radius 3 is 2.70 bits per heavy atom. The molecule has 0 aromatic rings. The van der Waals surface area contributed by atoms with Gasteiger partial charge in [-0.15, -0.1) is 0 Å². The maximum absolute atomic E-state index is 12.6. The lowest BCUT2D eigenvalue weighted by molar-refractivity contribution is -0.139. The molecule has 3 fully saturated rings. The van der Waals surface area contributed by atoms with Gasteiger partial charge in [0.25, 0.3) is 0 Å². The van der Waals surface area contributed by atoms with Crippen molar-refractivity contribution in [3.63, 3.8) is 0 Å². The molecule has 3 saturated heterocycles. The Kier molecular flexibility index (Phi) is 3.96. The number of hydrogen-bond donors (Lipinski definition) is 1. The standard InChI is InChI=1S/C15H24N2O3/c18-13(12-2-10-20-11-3-12)17-8-1-4-15(6-9-17)5-7-16-14(15)19/h12H,1-11H2,(H,16,19). The van der Waals surface area contributed by atoms with Crippen molar-refractivity contribution in [2.75, 3.05) is 32.8 Å². The van der Waals surface area contributed by atoms with Crippen molar-refractivity contribution in [3.05, 3.63) is 0 Å². The second-order valence-corrected chi connectivity index (χ2v) is 6.35. The van der Waals surface area contributed by atoms with Crippen LogP contribution < -0.4 is 5.32 Å². The summed E-state index contributed by atoms with van der Waals surface area (Å²) in [5, 5.41) is 2.96. The second-order valence-electron chi connectivity index (χ2n) is 6.35. The van der Waals surface area contributed by atoms with Crippen molar-refractivity contribution in [1.82, 2.24) is 10.2 Å². The first-order chi connectivity index (χ1) is 9.71. The Hall–Kier alpha value is -1.10. The number of carbonyl (C=O) groups is 2. The van der Waals surface area contributed by atoms with Crippen LogP contribution in [0.4, 0.5) is 0 Å². The first kappa shape index (κ1) is 13.9. The predicted octanol–water partition coefficient (Wildman–Crippen LogP) is 0.932. The zero-order valence-corrected chi connectivity index (χ0v) is 12.0. The fourth-order valence-electron chi connectivity index (χ4n) is 3.81. The second kappa shape index (κ2) is 5.72. The van der Waals surface area contributed by atoms with Crippen LogP contribution in [0.2, 0.25) is 0 Å². The highest BCUT2D eigenvalue weighted by Gasteiger charge is 2.43. The summed E-state index contributed by atoms with van der Waals surface area (Å²) in [7, 11) is 0. The molecule has 1 atom stereocenters. The van der Waals surface area contributed by atoms with Gasteiger partial charge in [-0.25, -0.2) is 0 Å². The average Bonchev–Trinajstić information content (AvgIpc) is 2.71. The SMILES string of the molecule is O=C(C1CCOCC1)N1CCCC2(CCNC2=O)CC1. The molecule has 3 heterocycles. The van der Waals surface area contributed by atoms with Crippen molar-refractivity contribution in [2.24, 2.45) is 11.3 Å². The van der Waals surface area contributed by atoms with Crippen molar-refractivity contribution >= 4 is 11.8 Å². The molecule has 3 rings (SSSR count). The Labute approximate surface area is 120 Å². The van der Waals surface area contributed by atoms with Crippen LogP contribution in [-0.2, 0) is 14.3 Å². The van der Waals surface area contributed by atoms with Crippen LogP contribution in [0.5, 0.6) is 0 Å². The Balaban J connectivity index is 1.62. The monoisotopic (exact) mass is 280 g/mol. The van der Waals surface area contributed by atoms with Crippen molar-refractivity contribution in [2.45, 2.75) is 38.5 Å². The maximum atomic E-state index is 12.6. The molecule has 0 aromatic heterocycles. The first-order valence-electron chi connectivity index (χ1n) is 7.86. The van der Waals surface area contributed by atoms with Crippen molar-refractivity contribution in [3.8, 4) is 0 Å². The fourth-order valence-corrected chi connectivity index (χ4v) is 3.81. The Morgan fingerprint density at radius 1 is 1.20 bits per heavy atom. The topological polar surface area (TPSA) is 58.6 Å². The molecule has 112 valence electrons. The summed E-state index contributed by atoms with van der Waals surface area (Å²) in [4.78, 5) is 26.6. The van der Waals surface area contributed by atoms with E-state index >= 15 is 0 Å². The number of rotatable bonds is 1. The molecule has 0 bridgehead atoms. The van der Waals surface area contributed by atoms with E-state index in [-0.39, 0.29) is 23.1 Å². The van der Waals surface area contributed by atoms with Crippen LogP contribution in [-0.4, -0.2) is 49.6 Å². The van der Waals surface area contributed by atoms with Gasteiger partial charge < -0.3 is 15.0 Å². The Morgan fingerprint density at radius 2 is 2.00 bits per heavy atom. The quantitative estimate of drug-likeness (QED) is 0.777. The molecule has 5 heteroatoms. The molecule has 0 aliphatic carbocycles. The van der Waals surface area contributed by atoms with Gasteiger partial charge in [0, 0.05) is 38.8 Å². The molecule has 0 radical (unpaired) electrons. The lowest BCUT2D eigenvalue weighted by Crippen LogP contribution is -2.40. The zero-order chi connectivity index (χ0) is 14.0. The van der Waals surface area contributed by atoms with Gasteiger partial charge in [-0.2, -0.15) is 0 Å². The minimum Gasteiger partial charge on any atom is -0.381 e. The van der Waals surface area contributed by atoms with Gasteiger partial charge >= 0.3 is 0 Å². The van der Waals surface area contributed by atoms with Crippen molar-refractivity contribution in [1.29, 1.82) is 0 Å². The summed E-state index contributed by atoms with van der Waals surface area (Å²) in [6.45, 7) is 3.76. The zero-order valence-electron chi connectivity index (χ0n) is 12.0. The summed E-state index contributed by atoms with van der Waals surface area (Å²) >= 11 is 0. The summed E-state index contributed by atoms with van der Waals surface area (Å²) in [5.41, 5.74) is -0.190. The van der Waals surface area contributed by atoms with E-state index in [4.69, 9.17) is 4.74 Å². The molecule has 0 aromatic carbocycles. The number of ether oxygens (including phenoxy) is 1. The van der Waals surface area contributed by atoms with Gasteiger partial charge in [0.05, 0.1) is 5.41 Å². The Bertz CT molecular complexity index is 393. The number of nitrogens with one attached hydrogen (secondary N) is 1. The van der Waals surface area contributed by atoms with Crippen LogP contribution in [0.1, 0.15) is 38.5 Å². The van der Waals surface area contributed by atoms with E-state index in [9.17, 15) is 9.59 Å². The minimum absolute atomic E-state index is 0.134. The van der Waals surface area contributed by atoms with E-state index in [0.717, 1.165) is 58.2 Å². The summed E-state index contributed by atoms with van der Waals surface area (Å²) in [5.74, 6) is 0.622. The molecule has 1 unspecified atom stereocenters. The lowest BCUT2D eigenvalue weighted by Gasteiger charge is -2.29. The third-order valence-corrected chi connectivity index (χ3v) is 5.20. The van der Waals surface area contributed by atoms with E-state index in [0.29, 0.717) is 13.2 Å². The molecule has 3 aliphatic rings. The first-order valence-corrected chi connectivity index (χ1v) is 7.86. The predicted molar refractivity (Wildman–Crippen MR) is 74.0 cm³/mol. The van der Waals surface area contributed by atoms with Gasteiger partial charge in [0.2, 0.25) is 11.8 Å². The highest BCUT2D eigenvalue weighted by atomic mass is 16.5. The molecule has 3 aliphatic heterocycles. The third kappa shape index (κ3) is 2.55. The molecule has 0 saturated carbocycles. The smallest absolute Gasteiger partial charge is 0.226 e. The van der Waals surface area contributed by atoms with E-state index in [1.54, 1.807) is 0 Å². The van der Waals surface area contributed by atoms with E-state index in [1.165, 1.54) is 0 Å². The third-order valence-electron chi connectivity index (χ3n) is 5.20. The number of hydrogen-bond acceptors (Lipinski definition) is 3. The van der Waals surface area contributed by atoms with Crippen LogP contribution >= 0.6 is 0 Å². The fraction of sp³-hybridized carbons (Fsp3) is 0.867. The van der Waals surface area contributed by atoms with E-state index < -0.39 is 0 Å².